The second kappa shape index (κ2) is 3.80. The summed E-state index contributed by atoms with van der Waals surface area (Å²) in [4.78, 5) is 4.45. The lowest BCUT2D eigenvalue weighted by Gasteiger charge is -2.07. The van der Waals surface area contributed by atoms with Gasteiger partial charge in [-0.25, -0.2) is 0 Å². The molecule has 0 bridgehead atoms. The summed E-state index contributed by atoms with van der Waals surface area (Å²) in [5, 5.41) is 10.7. The fourth-order valence-corrected chi connectivity index (χ4v) is 2.05. The van der Waals surface area contributed by atoms with Crippen LogP contribution in [-0.4, -0.2) is 10.1 Å². The number of aromatic nitrogens is 1. The Labute approximate surface area is 93.5 Å². The molecule has 2 nitrogen and oxygen atoms in total. The van der Waals surface area contributed by atoms with Gasteiger partial charge in [0.15, 0.2) is 0 Å². The number of benzene rings is 1. The van der Waals surface area contributed by atoms with Gasteiger partial charge in [-0.15, -0.1) is 0 Å². The fourth-order valence-electron chi connectivity index (χ4n) is 1.75. The number of hydrogen-bond donors (Lipinski definition) is 1. The van der Waals surface area contributed by atoms with Gasteiger partial charge in [0.05, 0.1) is 17.1 Å². The number of hydrogen-bond acceptors (Lipinski definition) is 2. The Morgan fingerprint density at radius 3 is 2.67 bits per heavy atom. The number of aryl methyl sites for hydroxylation is 2. The molecular formula is C12H12ClNO. The quantitative estimate of drug-likeness (QED) is 0.803. The van der Waals surface area contributed by atoms with E-state index >= 15 is 0 Å². The Morgan fingerprint density at radius 2 is 2.00 bits per heavy atom. The van der Waals surface area contributed by atoms with E-state index in [0.717, 1.165) is 27.7 Å². The molecule has 0 unspecified atom stereocenters. The molecular weight excluding hydrogens is 210 g/mol. The lowest BCUT2D eigenvalue weighted by atomic mass is 10.1. The topological polar surface area (TPSA) is 33.1 Å². The van der Waals surface area contributed by atoms with Crippen LogP contribution >= 0.6 is 11.6 Å². The van der Waals surface area contributed by atoms with E-state index in [1.807, 2.05) is 32.0 Å². The first-order valence-corrected chi connectivity index (χ1v) is 5.17. The minimum Gasteiger partial charge on any atom is -0.392 e. The molecule has 1 heterocycles. The summed E-state index contributed by atoms with van der Waals surface area (Å²) in [5.41, 5.74) is 3.74. The molecule has 3 heteroatoms. The van der Waals surface area contributed by atoms with E-state index in [2.05, 4.69) is 4.98 Å². The minimum atomic E-state index is 0.0288. The Kier molecular flexibility index (Phi) is 2.63. The van der Waals surface area contributed by atoms with Crippen molar-refractivity contribution in [3.05, 3.63) is 40.0 Å². The first-order valence-electron chi connectivity index (χ1n) is 4.79. The second-order valence-electron chi connectivity index (χ2n) is 3.71. The molecule has 1 aromatic heterocycles. The monoisotopic (exact) mass is 221 g/mol. The van der Waals surface area contributed by atoms with Crippen molar-refractivity contribution < 1.29 is 5.11 Å². The third kappa shape index (κ3) is 1.83. The van der Waals surface area contributed by atoms with Crippen molar-refractivity contribution in [3.8, 4) is 0 Å². The zero-order chi connectivity index (χ0) is 11.0. The van der Waals surface area contributed by atoms with Crippen molar-refractivity contribution in [2.45, 2.75) is 20.5 Å². The Balaban J connectivity index is 2.85. The van der Waals surface area contributed by atoms with Crippen LogP contribution in [0, 0.1) is 13.8 Å². The van der Waals surface area contributed by atoms with Crippen LogP contribution in [0.4, 0.5) is 0 Å². The standard InChI is InChI=1S/C12H12ClNO/c1-7-3-9(6-15)5-10-11(13)4-8(2)14-12(7)10/h3-5,15H,6H2,1-2H3. The normalized spacial score (nSPS) is 10.9. The number of rotatable bonds is 1. The number of aliphatic hydroxyl groups excluding tert-OH is 1. The van der Waals surface area contributed by atoms with Crippen molar-refractivity contribution in [1.29, 1.82) is 0 Å². The molecule has 0 fully saturated rings. The average Bonchev–Trinajstić information content (AvgIpc) is 2.19. The van der Waals surface area contributed by atoms with E-state index in [1.165, 1.54) is 0 Å². The van der Waals surface area contributed by atoms with Crippen LogP contribution in [0.25, 0.3) is 10.9 Å². The summed E-state index contributed by atoms with van der Waals surface area (Å²) in [6.45, 7) is 3.93. The third-order valence-corrected chi connectivity index (χ3v) is 2.74. The van der Waals surface area contributed by atoms with Gasteiger partial charge in [-0.2, -0.15) is 0 Å². The summed E-state index contributed by atoms with van der Waals surface area (Å²) in [6, 6.07) is 5.66. The van der Waals surface area contributed by atoms with Gasteiger partial charge in [-0.3, -0.25) is 4.98 Å². The molecule has 0 aliphatic heterocycles. The third-order valence-electron chi connectivity index (χ3n) is 2.42. The fraction of sp³-hybridized carbons (Fsp3) is 0.250. The van der Waals surface area contributed by atoms with Crippen molar-refractivity contribution in [2.75, 3.05) is 0 Å². The summed E-state index contributed by atoms with van der Waals surface area (Å²) >= 11 is 6.14. The highest BCUT2D eigenvalue weighted by molar-refractivity contribution is 6.35. The largest absolute Gasteiger partial charge is 0.392 e. The second-order valence-corrected chi connectivity index (χ2v) is 4.12. The molecule has 0 saturated heterocycles. The molecule has 2 aromatic rings. The highest BCUT2D eigenvalue weighted by atomic mass is 35.5. The van der Waals surface area contributed by atoms with Crippen LogP contribution < -0.4 is 0 Å². The SMILES string of the molecule is Cc1cc(Cl)c2cc(CO)cc(C)c2n1. The van der Waals surface area contributed by atoms with Crippen LogP contribution in [-0.2, 0) is 6.61 Å². The van der Waals surface area contributed by atoms with Gasteiger partial charge in [0.2, 0.25) is 0 Å². The van der Waals surface area contributed by atoms with Crippen LogP contribution in [0.2, 0.25) is 5.02 Å². The Hall–Kier alpha value is -1.12. The van der Waals surface area contributed by atoms with Crippen LogP contribution in [0.5, 0.6) is 0 Å². The van der Waals surface area contributed by atoms with Gasteiger partial charge in [0.1, 0.15) is 0 Å². The van der Waals surface area contributed by atoms with Crippen molar-refractivity contribution in [1.82, 2.24) is 4.98 Å². The highest BCUT2D eigenvalue weighted by Gasteiger charge is 2.06. The van der Waals surface area contributed by atoms with Crippen LogP contribution in [0.3, 0.4) is 0 Å². The molecule has 1 aromatic carbocycles. The molecule has 15 heavy (non-hydrogen) atoms. The van der Waals surface area contributed by atoms with Crippen molar-refractivity contribution >= 4 is 22.5 Å². The van der Waals surface area contributed by atoms with Gasteiger partial charge >= 0.3 is 0 Å². The summed E-state index contributed by atoms with van der Waals surface area (Å²) in [5.74, 6) is 0. The van der Waals surface area contributed by atoms with E-state index in [4.69, 9.17) is 16.7 Å². The van der Waals surface area contributed by atoms with Crippen molar-refractivity contribution in [3.63, 3.8) is 0 Å². The molecule has 0 spiro atoms. The average molecular weight is 222 g/mol. The Bertz CT molecular complexity index is 523. The molecule has 0 atom stereocenters. The Morgan fingerprint density at radius 1 is 1.27 bits per heavy atom. The molecule has 0 aliphatic rings. The van der Waals surface area contributed by atoms with E-state index in [-0.39, 0.29) is 6.61 Å². The van der Waals surface area contributed by atoms with Crippen LogP contribution in [0.15, 0.2) is 18.2 Å². The lowest BCUT2D eigenvalue weighted by Crippen LogP contribution is -1.91. The number of aliphatic hydroxyl groups is 1. The first-order chi connectivity index (χ1) is 7.11. The molecule has 0 aliphatic carbocycles. The van der Waals surface area contributed by atoms with E-state index in [9.17, 15) is 0 Å². The zero-order valence-corrected chi connectivity index (χ0v) is 9.47. The van der Waals surface area contributed by atoms with E-state index in [1.54, 1.807) is 0 Å². The zero-order valence-electron chi connectivity index (χ0n) is 8.71. The summed E-state index contributed by atoms with van der Waals surface area (Å²) < 4.78 is 0. The molecule has 1 N–H and O–H groups in total. The lowest BCUT2D eigenvalue weighted by molar-refractivity contribution is 0.282. The maximum atomic E-state index is 9.10. The van der Waals surface area contributed by atoms with Gasteiger partial charge in [-0.05, 0) is 37.1 Å². The molecule has 0 radical (unpaired) electrons. The number of fused-ring (bicyclic) bond motifs is 1. The summed E-state index contributed by atoms with van der Waals surface area (Å²) in [6.07, 6.45) is 0. The smallest absolute Gasteiger partial charge is 0.0749 e. The maximum Gasteiger partial charge on any atom is 0.0749 e. The predicted octanol–water partition coefficient (Wildman–Crippen LogP) is 3.00. The van der Waals surface area contributed by atoms with Gasteiger partial charge in [0, 0.05) is 11.1 Å². The van der Waals surface area contributed by atoms with E-state index in [0.29, 0.717) is 5.02 Å². The predicted molar refractivity (Wildman–Crippen MR) is 62.1 cm³/mol. The number of nitrogens with zero attached hydrogens (tertiary/aromatic N) is 1. The first kappa shape index (κ1) is 10.4. The number of halogens is 1. The summed E-state index contributed by atoms with van der Waals surface area (Å²) in [7, 11) is 0. The minimum absolute atomic E-state index is 0.0288. The van der Waals surface area contributed by atoms with Crippen molar-refractivity contribution in [2.24, 2.45) is 0 Å². The van der Waals surface area contributed by atoms with Gasteiger partial charge < -0.3 is 5.11 Å². The van der Waals surface area contributed by atoms with Gasteiger partial charge in [-0.1, -0.05) is 17.7 Å². The number of pyridine rings is 1. The molecule has 0 saturated carbocycles. The molecule has 2 rings (SSSR count). The van der Waals surface area contributed by atoms with Gasteiger partial charge in [0.25, 0.3) is 0 Å². The maximum absolute atomic E-state index is 9.10. The van der Waals surface area contributed by atoms with Crippen LogP contribution in [0.1, 0.15) is 16.8 Å². The van der Waals surface area contributed by atoms with E-state index < -0.39 is 0 Å². The molecule has 0 amide bonds. The molecule has 78 valence electrons. The highest BCUT2D eigenvalue weighted by Crippen LogP contribution is 2.26.